The van der Waals surface area contributed by atoms with E-state index in [-0.39, 0.29) is 23.7 Å². The van der Waals surface area contributed by atoms with Crippen LogP contribution in [0.4, 0.5) is 8.78 Å². The zero-order chi connectivity index (χ0) is 20.4. The van der Waals surface area contributed by atoms with E-state index in [4.69, 9.17) is 4.84 Å². The number of nitrogens with one attached hydrogen (secondary N) is 1. The molecule has 1 aromatic carbocycles. The summed E-state index contributed by atoms with van der Waals surface area (Å²) < 4.78 is 27.3. The minimum atomic E-state index is -0.908. The number of pyridine rings is 1. The Morgan fingerprint density at radius 1 is 1.28 bits per heavy atom. The van der Waals surface area contributed by atoms with Crippen LogP contribution >= 0.6 is 11.3 Å². The molecule has 0 saturated heterocycles. The van der Waals surface area contributed by atoms with Crippen molar-refractivity contribution in [1.29, 1.82) is 0 Å². The van der Waals surface area contributed by atoms with Gasteiger partial charge in [-0.15, -0.1) is 11.3 Å². The fraction of sp³-hybridized carbons (Fsp3) is 0.200. The van der Waals surface area contributed by atoms with Crippen molar-refractivity contribution in [2.75, 3.05) is 0 Å². The lowest BCUT2D eigenvalue weighted by atomic mass is 10.0. The lowest BCUT2D eigenvalue weighted by molar-refractivity contribution is -0.131. The summed E-state index contributed by atoms with van der Waals surface area (Å²) in [5.74, 6) is -1.59. The van der Waals surface area contributed by atoms with Crippen LogP contribution in [-0.4, -0.2) is 27.7 Å². The van der Waals surface area contributed by atoms with Crippen molar-refractivity contribution in [3.8, 4) is 11.3 Å². The van der Waals surface area contributed by atoms with Gasteiger partial charge in [0.1, 0.15) is 16.6 Å². The summed E-state index contributed by atoms with van der Waals surface area (Å²) in [4.78, 5) is 26.2. The molecule has 2 atom stereocenters. The Hall–Kier alpha value is -3.20. The fourth-order valence-corrected chi connectivity index (χ4v) is 3.74. The quantitative estimate of drug-likeness (QED) is 0.688. The van der Waals surface area contributed by atoms with Gasteiger partial charge >= 0.3 is 0 Å². The van der Waals surface area contributed by atoms with E-state index in [2.05, 4.69) is 20.4 Å². The summed E-state index contributed by atoms with van der Waals surface area (Å²) in [6.45, 7) is 1.82. The summed E-state index contributed by atoms with van der Waals surface area (Å²) in [7, 11) is 0. The Morgan fingerprint density at radius 2 is 2.07 bits per heavy atom. The molecule has 29 heavy (non-hydrogen) atoms. The SMILES string of the molecule is CC(NC(=O)C1CC(c2cc(F)ccc2F)=NO1)c1nc(-c2ccncc2)cs1. The van der Waals surface area contributed by atoms with Crippen LogP contribution in [0.15, 0.2) is 53.3 Å². The van der Waals surface area contributed by atoms with E-state index >= 15 is 0 Å². The number of hydrogen-bond donors (Lipinski definition) is 1. The van der Waals surface area contributed by atoms with E-state index in [1.165, 1.54) is 11.3 Å². The van der Waals surface area contributed by atoms with E-state index in [9.17, 15) is 13.6 Å². The molecular formula is C20H16F2N4O2S. The maximum atomic E-state index is 13.9. The molecule has 2 unspecified atom stereocenters. The number of thiazole rings is 1. The molecule has 0 saturated carbocycles. The molecule has 3 heterocycles. The highest BCUT2D eigenvalue weighted by Crippen LogP contribution is 2.26. The molecule has 148 valence electrons. The lowest BCUT2D eigenvalue weighted by Gasteiger charge is -2.14. The van der Waals surface area contributed by atoms with Gasteiger partial charge in [-0.1, -0.05) is 5.16 Å². The first-order chi connectivity index (χ1) is 14.0. The third-order valence-electron chi connectivity index (χ3n) is 4.43. The summed E-state index contributed by atoms with van der Waals surface area (Å²) in [6, 6.07) is 6.46. The molecule has 0 radical (unpaired) electrons. The van der Waals surface area contributed by atoms with Crippen molar-refractivity contribution in [1.82, 2.24) is 15.3 Å². The van der Waals surface area contributed by atoms with Gasteiger partial charge in [0.05, 0.1) is 17.4 Å². The molecule has 6 nitrogen and oxygen atoms in total. The average molecular weight is 414 g/mol. The summed E-state index contributed by atoms with van der Waals surface area (Å²) in [5, 5.41) is 9.24. The van der Waals surface area contributed by atoms with E-state index in [0.29, 0.717) is 0 Å². The van der Waals surface area contributed by atoms with Gasteiger partial charge in [0.2, 0.25) is 6.10 Å². The van der Waals surface area contributed by atoms with Crippen molar-refractivity contribution >= 4 is 23.0 Å². The van der Waals surface area contributed by atoms with E-state index in [1.807, 2.05) is 24.4 Å². The molecule has 1 amide bonds. The Balaban J connectivity index is 1.39. The molecule has 1 aliphatic heterocycles. The monoisotopic (exact) mass is 414 g/mol. The van der Waals surface area contributed by atoms with Crippen LogP contribution < -0.4 is 5.32 Å². The van der Waals surface area contributed by atoms with Gasteiger partial charge in [0.15, 0.2) is 0 Å². The fourth-order valence-electron chi connectivity index (χ4n) is 2.91. The Labute approximate surface area is 169 Å². The van der Waals surface area contributed by atoms with E-state index in [1.54, 1.807) is 12.4 Å². The number of oxime groups is 1. The Morgan fingerprint density at radius 3 is 2.86 bits per heavy atom. The third kappa shape index (κ3) is 4.14. The summed E-state index contributed by atoms with van der Waals surface area (Å²) in [6.07, 6.45) is 2.53. The van der Waals surface area contributed by atoms with Crippen LogP contribution in [0.5, 0.6) is 0 Å². The van der Waals surface area contributed by atoms with Crippen molar-refractivity contribution in [3.05, 3.63) is 70.3 Å². The highest BCUT2D eigenvalue weighted by atomic mass is 32.1. The van der Waals surface area contributed by atoms with Crippen LogP contribution in [0.3, 0.4) is 0 Å². The zero-order valence-corrected chi connectivity index (χ0v) is 16.1. The Bertz CT molecular complexity index is 1070. The topological polar surface area (TPSA) is 76.5 Å². The van der Waals surface area contributed by atoms with Crippen LogP contribution in [-0.2, 0) is 9.63 Å². The molecule has 9 heteroatoms. The largest absolute Gasteiger partial charge is 0.382 e. The number of aromatic nitrogens is 2. The molecule has 2 aromatic heterocycles. The van der Waals surface area contributed by atoms with Gasteiger partial charge in [-0.05, 0) is 37.3 Å². The van der Waals surface area contributed by atoms with Crippen LogP contribution in [0.25, 0.3) is 11.3 Å². The summed E-state index contributed by atoms with van der Waals surface area (Å²) in [5.41, 5.74) is 1.94. The number of halogens is 2. The first-order valence-electron chi connectivity index (χ1n) is 8.85. The second kappa shape index (κ2) is 8.04. The number of nitrogens with zero attached hydrogens (tertiary/aromatic N) is 3. The molecule has 0 fully saturated rings. The van der Waals surface area contributed by atoms with Gasteiger partial charge < -0.3 is 10.2 Å². The maximum Gasteiger partial charge on any atom is 0.264 e. The smallest absolute Gasteiger partial charge is 0.264 e. The molecular weight excluding hydrogens is 398 g/mol. The van der Waals surface area contributed by atoms with Gasteiger partial charge in [-0.25, -0.2) is 13.8 Å². The molecule has 0 spiro atoms. The number of benzene rings is 1. The maximum absolute atomic E-state index is 13.9. The predicted octanol–water partition coefficient (Wildman–Crippen LogP) is 3.85. The number of carbonyl (C=O) groups is 1. The van der Waals surface area contributed by atoms with Gasteiger partial charge in [0.25, 0.3) is 5.91 Å². The minimum absolute atomic E-state index is 0.00438. The van der Waals surface area contributed by atoms with Crippen LogP contribution in [0.1, 0.15) is 30.0 Å². The number of amides is 1. The van der Waals surface area contributed by atoms with Crippen molar-refractivity contribution in [3.63, 3.8) is 0 Å². The average Bonchev–Trinajstić information content (AvgIpc) is 3.40. The molecule has 0 bridgehead atoms. The number of rotatable bonds is 5. The highest BCUT2D eigenvalue weighted by Gasteiger charge is 2.31. The van der Waals surface area contributed by atoms with Crippen LogP contribution in [0.2, 0.25) is 0 Å². The normalized spacial score (nSPS) is 16.8. The highest BCUT2D eigenvalue weighted by molar-refractivity contribution is 7.10. The first kappa shape index (κ1) is 19.1. The molecule has 3 aromatic rings. The summed E-state index contributed by atoms with van der Waals surface area (Å²) >= 11 is 1.43. The van der Waals surface area contributed by atoms with Crippen LogP contribution in [0, 0.1) is 11.6 Å². The third-order valence-corrected chi connectivity index (χ3v) is 5.46. The Kier molecular flexibility index (Phi) is 5.30. The first-order valence-corrected chi connectivity index (χ1v) is 9.73. The van der Waals surface area contributed by atoms with E-state index < -0.39 is 23.6 Å². The lowest BCUT2D eigenvalue weighted by Crippen LogP contribution is -2.36. The van der Waals surface area contributed by atoms with Gasteiger partial charge in [-0.3, -0.25) is 9.78 Å². The van der Waals surface area contributed by atoms with Crippen molar-refractivity contribution in [2.24, 2.45) is 5.16 Å². The van der Waals surface area contributed by atoms with Crippen molar-refractivity contribution in [2.45, 2.75) is 25.5 Å². The molecule has 4 rings (SSSR count). The standard InChI is InChI=1S/C20H16F2N4O2S/c1-11(20-25-17(10-29-20)12-4-6-23-7-5-12)24-19(27)18-9-16(26-28-18)14-8-13(21)2-3-15(14)22/h2-8,10-11,18H,9H2,1H3,(H,24,27). The molecule has 0 aliphatic carbocycles. The number of hydrogen-bond acceptors (Lipinski definition) is 6. The van der Waals surface area contributed by atoms with E-state index in [0.717, 1.165) is 34.5 Å². The minimum Gasteiger partial charge on any atom is -0.382 e. The molecule has 1 N–H and O–H groups in total. The van der Waals surface area contributed by atoms with Crippen molar-refractivity contribution < 1.29 is 18.4 Å². The number of carbonyl (C=O) groups excluding carboxylic acids is 1. The second-order valence-electron chi connectivity index (χ2n) is 6.50. The van der Waals surface area contributed by atoms with Gasteiger partial charge in [-0.2, -0.15) is 0 Å². The molecule has 1 aliphatic rings. The second-order valence-corrected chi connectivity index (χ2v) is 7.39. The predicted molar refractivity (Wildman–Crippen MR) is 104 cm³/mol. The zero-order valence-electron chi connectivity index (χ0n) is 15.3. The van der Waals surface area contributed by atoms with Gasteiger partial charge in [0, 0.05) is 35.3 Å².